The molecular formula is C45H53Br4N5Ni2O2-2. The zero-order valence-electron chi connectivity index (χ0n) is 34.7. The summed E-state index contributed by atoms with van der Waals surface area (Å²) in [7, 11) is 0. The first kappa shape index (κ1) is 57.7. The number of halogens is 4. The van der Waals surface area contributed by atoms with E-state index >= 15 is 0 Å². The second-order valence-corrected chi connectivity index (χ2v) is 14.7. The molecule has 7 nitrogen and oxygen atoms in total. The van der Waals surface area contributed by atoms with Crippen LogP contribution in [-0.4, -0.2) is 27.3 Å². The molecule has 13 heteroatoms. The van der Waals surface area contributed by atoms with Gasteiger partial charge in [0.25, 0.3) is 5.69 Å². The number of hydrogen-bond donors (Lipinski definition) is 0. The van der Waals surface area contributed by atoms with Gasteiger partial charge in [0.05, 0.1) is 17.4 Å². The quantitative estimate of drug-likeness (QED) is 0.0632. The van der Waals surface area contributed by atoms with Gasteiger partial charge < -0.3 is 67.9 Å². The summed E-state index contributed by atoms with van der Waals surface area (Å²) in [6, 6.07) is 24.3. The molecular weight excluding hydrogens is 1080 g/mol. The minimum Gasteiger partial charge on any atom is -1.00 e. The van der Waals surface area contributed by atoms with Crippen molar-refractivity contribution >= 4 is 41.1 Å². The molecule has 2 aromatic heterocycles. The Hall–Kier alpha value is -2.39. The molecule has 5 rings (SSSR count). The summed E-state index contributed by atoms with van der Waals surface area (Å²) in [5.74, 6) is 2.44. The average Bonchev–Trinajstić information content (AvgIpc) is 3.12. The number of benzene rings is 3. The predicted octanol–water partition coefficient (Wildman–Crippen LogP) is 0.383. The topological polar surface area (TPSA) is 74.9 Å². The monoisotopic (exact) mass is 1130 g/mol. The number of nitro benzene ring substituents is 1. The molecule has 5 aromatic rings. The van der Waals surface area contributed by atoms with Crippen molar-refractivity contribution in [3.63, 3.8) is 0 Å². The number of pyridine rings is 2. The summed E-state index contributed by atoms with van der Waals surface area (Å²) in [6.07, 6.45) is 7.77. The fraction of sp³-hybridized carbons (Fsp3) is 0.333. The van der Waals surface area contributed by atoms with E-state index in [4.69, 9.17) is 0 Å². The Balaban J connectivity index is 0. The molecule has 0 bridgehead atoms. The maximum Gasteiger partial charge on any atom is 0.327 e. The molecule has 2 heterocycles. The number of hydrogen-bond acceptors (Lipinski definition) is 4. The van der Waals surface area contributed by atoms with Crippen molar-refractivity contribution < 1.29 is 106 Å². The molecule has 0 fully saturated rings. The Morgan fingerprint density at radius 2 is 0.862 bits per heavy atom. The molecule has 0 saturated heterocycles. The van der Waals surface area contributed by atoms with Gasteiger partial charge >= 0.3 is 11.6 Å². The second-order valence-electron chi connectivity index (χ2n) is 14.7. The van der Waals surface area contributed by atoms with E-state index in [1.807, 2.05) is 62.6 Å². The molecule has 3 aromatic carbocycles. The van der Waals surface area contributed by atoms with E-state index in [0.717, 1.165) is 73.1 Å². The van der Waals surface area contributed by atoms with Crippen molar-refractivity contribution in [3.8, 4) is 22.3 Å². The Kier molecular flexibility index (Phi) is 25.3. The third kappa shape index (κ3) is 12.3. The van der Waals surface area contributed by atoms with Crippen molar-refractivity contribution in [3.05, 3.63) is 123 Å². The smallest absolute Gasteiger partial charge is 0.327 e. The van der Waals surface area contributed by atoms with E-state index < -0.39 is 0 Å². The molecule has 58 heavy (non-hydrogen) atoms. The van der Waals surface area contributed by atoms with Crippen molar-refractivity contribution in [2.45, 2.75) is 99.8 Å². The zero-order valence-corrected chi connectivity index (χ0v) is 43.1. The van der Waals surface area contributed by atoms with Gasteiger partial charge in [-0.2, -0.15) is 0 Å². The van der Waals surface area contributed by atoms with Crippen LogP contribution in [0.2, 0.25) is 0 Å². The summed E-state index contributed by atoms with van der Waals surface area (Å²) in [4.78, 5) is 21.7. The maximum atomic E-state index is 12.6. The Morgan fingerprint density at radius 3 is 1.09 bits per heavy atom. The maximum absolute atomic E-state index is 12.6. The number of aromatic nitrogens is 2. The number of nitro groups is 1. The molecule has 0 aliphatic heterocycles. The molecule has 320 valence electrons. The van der Waals surface area contributed by atoms with Gasteiger partial charge in [-0.1, -0.05) is 67.5 Å². The third-order valence-corrected chi connectivity index (χ3v) is 9.84. The number of nitrogens with zero attached hydrogens (tertiary/aromatic N) is 5. The average molecular weight is 1130 g/mol. The van der Waals surface area contributed by atoms with Crippen LogP contribution in [0.15, 0.2) is 85.2 Å². The van der Waals surface area contributed by atoms with E-state index in [1.54, 1.807) is 12.1 Å². The van der Waals surface area contributed by atoms with E-state index in [0.29, 0.717) is 0 Å². The molecule has 0 unspecified atom stereocenters. The van der Waals surface area contributed by atoms with E-state index in [9.17, 15) is 10.1 Å². The standard InChI is InChI=1S/C45H53N5O2.4BrH.2Ni/c1-12-48(42-18-14-16-20-46-42)44-36(28(3)4)22-33(23-37(44)29(5)6)40-26-35(50(51)52)27-41(32(40)11)34-24-38(30(7)8)45(39(25-34)31(9)10)49(13-2)43-19-15-17-21-47-43;;;;;;/h12-31H,1-11H3;4*1H;;/q+2;;;;;;/p-4. The first-order valence-electron chi connectivity index (χ1n) is 18.4. The molecule has 0 saturated carbocycles. The van der Waals surface area contributed by atoms with Gasteiger partial charge in [0.1, 0.15) is 23.8 Å². The van der Waals surface area contributed by atoms with Gasteiger partial charge in [-0.05, 0) is 119 Å². The van der Waals surface area contributed by atoms with Crippen LogP contribution in [0.3, 0.4) is 0 Å². The van der Waals surface area contributed by atoms with Crippen LogP contribution in [0.25, 0.3) is 22.3 Å². The third-order valence-electron chi connectivity index (χ3n) is 9.84. The van der Waals surface area contributed by atoms with Crippen LogP contribution in [0, 0.1) is 17.0 Å². The normalized spacial score (nSPS) is 11.2. The van der Waals surface area contributed by atoms with Gasteiger partial charge in [-0.3, -0.25) is 10.1 Å². The minimum absolute atomic E-state index is 0. The van der Waals surface area contributed by atoms with E-state index in [1.165, 1.54) is 0 Å². The fourth-order valence-corrected chi connectivity index (χ4v) is 7.14. The predicted molar refractivity (Wildman–Crippen MR) is 220 cm³/mol. The van der Waals surface area contributed by atoms with Crippen LogP contribution < -0.4 is 77.1 Å². The molecule has 0 N–H and O–H groups in total. The molecule has 0 aliphatic carbocycles. The van der Waals surface area contributed by atoms with Crippen molar-refractivity contribution in [2.24, 2.45) is 0 Å². The Bertz CT molecular complexity index is 1980. The molecule has 0 amide bonds. The van der Waals surface area contributed by atoms with E-state index in [2.05, 4.69) is 118 Å². The van der Waals surface area contributed by atoms with Crippen molar-refractivity contribution in [1.82, 2.24) is 19.1 Å². The first-order chi connectivity index (χ1) is 24.8. The van der Waals surface area contributed by atoms with Crippen LogP contribution in [0.4, 0.5) is 28.7 Å². The SMILES string of the molecule is CC=[N+](c1ccccn1)c1c(C(C)C)cc(-c2cc([N+](=O)[O-])cc(-c3cc(C(C)C)c([N+](=CC)c4ccccn4)c(C(C)C)c3)c2C)cc1C(C)C.[Br-].[Br-].[Br-].[Br-].[Ni].[Ni]. The van der Waals surface area contributed by atoms with Crippen LogP contribution in [-0.2, 0) is 33.0 Å². The Labute approximate surface area is 407 Å². The first-order valence-corrected chi connectivity index (χ1v) is 18.4. The summed E-state index contributed by atoms with van der Waals surface area (Å²) in [5.41, 5.74) is 11.6. The zero-order chi connectivity index (χ0) is 37.9. The summed E-state index contributed by atoms with van der Waals surface area (Å²) in [6.45, 7) is 23.8. The Morgan fingerprint density at radius 1 is 0.552 bits per heavy atom. The van der Waals surface area contributed by atoms with Crippen molar-refractivity contribution in [2.75, 3.05) is 0 Å². The van der Waals surface area contributed by atoms with Gasteiger partial charge in [0.15, 0.2) is 0 Å². The summed E-state index contributed by atoms with van der Waals surface area (Å²) in [5, 5.41) is 12.6. The number of non-ortho nitro benzene ring substituents is 1. The fourth-order valence-electron chi connectivity index (χ4n) is 7.14. The summed E-state index contributed by atoms with van der Waals surface area (Å²) < 4.78 is 4.34. The minimum atomic E-state index is -0.266. The van der Waals surface area contributed by atoms with E-state index in [-0.39, 0.29) is 135 Å². The molecule has 0 aliphatic rings. The molecule has 0 radical (unpaired) electrons. The molecule has 0 atom stereocenters. The van der Waals surface area contributed by atoms with Gasteiger partial charge in [-0.25, -0.2) is 9.15 Å². The van der Waals surface area contributed by atoms with Gasteiger partial charge in [0.2, 0.25) is 0 Å². The number of rotatable bonds is 11. The van der Waals surface area contributed by atoms with Crippen LogP contribution in [0.1, 0.15) is 121 Å². The van der Waals surface area contributed by atoms with Crippen LogP contribution >= 0.6 is 0 Å². The molecule has 0 spiro atoms. The largest absolute Gasteiger partial charge is 1.00 e. The second kappa shape index (κ2) is 25.4. The van der Waals surface area contributed by atoms with Crippen molar-refractivity contribution in [1.29, 1.82) is 0 Å². The van der Waals surface area contributed by atoms with Gasteiger partial charge in [0, 0.05) is 79.5 Å². The van der Waals surface area contributed by atoms with Gasteiger partial charge in [-0.15, -0.1) is 0 Å². The summed E-state index contributed by atoms with van der Waals surface area (Å²) >= 11 is 0. The van der Waals surface area contributed by atoms with Crippen LogP contribution in [0.5, 0.6) is 0 Å².